The van der Waals surface area contributed by atoms with Crippen LogP contribution in [0.5, 0.6) is 0 Å². The Bertz CT molecular complexity index is 467. The molecular weight excluding hydrogens is 300 g/mol. The molecule has 0 aliphatic carbocycles. The van der Waals surface area contributed by atoms with Crippen molar-refractivity contribution in [2.45, 2.75) is 63.7 Å². The minimum Gasteiger partial charge on any atom is -0.395 e. The molecule has 0 saturated carbocycles. The Morgan fingerprint density at radius 2 is 1.29 bits per heavy atom. The molecule has 0 radical (unpaired) electrons. The van der Waals surface area contributed by atoms with E-state index in [0.29, 0.717) is 12.1 Å². The van der Waals surface area contributed by atoms with E-state index in [9.17, 15) is 10.2 Å². The molecule has 2 aliphatic heterocycles. The van der Waals surface area contributed by atoms with E-state index in [1.807, 2.05) is 0 Å². The molecule has 0 amide bonds. The van der Waals surface area contributed by atoms with Crippen LogP contribution < -0.4 is 0 Å². The van der Waals surface area contributed by atoms with E-state index in [0.717, 1.165) is 39.0 Å². The topological polar surface area (TPSA) is 46.9 Å². The number of hydrogen-bond acceptors (Lipinski definition) is 4. The molecule has 3 rings (SSSR count). The van der Waals surface area contributed by atoms with Crippen molar-refractivity contribution in [3.8, 4) is 0 Å². The van der Waals surface area contributed by atoms with Crippen LogP contribution >= 0.6 is 0 Å². The number of benzene rings is 1. The minimum atomic E-state index is 0.269. The van der Waals surface area contributed by atoms with Crippen LogP contribution in [0.2, 0.25) is 0 Å². The smallest absolute Gasteiger partial charge is 0.0586 e. The highest BCUT2D eigenvalue weighted by Gasteiger charge is 2.23. The van der Waals surface area contributed by atoms with E-state index in [2.05, 4.69) is 34.1 Å². The molecule has 0 bridgehead atoms. The molecule has 24 heavy (non-hydrogen) atoms. The van der Waals surface area contributed by atoms with Crippen LogP contribution in [0, 0.1) is 0 Å². The molecular formula is C20H32N2O2. The number of aliphatic hydroxyl groups excluding tert-OH is 2. The lowest BCUT2D eigenvalue weighted by molar-refractivity contribution is 0.0825. The quantitative estimate of drug-likeness (QED) is 0.840. The number of piperidine rings is 2. The maximum absolute atomic E-state index is 9.59. The van der Waals surface area contributed by atoms with Crippen LogP contribution in [-0.2, 0) is 13.1 Å². The molecule has 2 heterocycles. The van der Waals surface area contributed by atoms with Gasteiger partial charge in [-0.2, -0.15) is 0 Å². The van der Waals surface area contributed by atoms with E-state index in [1.54, 1.807) is 0 Å². The summed E-state index contributed by atoms with van der Waals surface area (Å²) in [6.07, 6.45) is 7.17. The lowest BCUT2D eigenvalue weighted by Crippen LogP contribution is -2.41. The number of aliphatic hydroxyl groups is 2. The zero-order valence-corrected chi connectivity index (χ0v) is 14.7. The van der Waals surface area contributed by atoms with Crippen molar-refractivity contribution in [1.29, 1.82) is 0 Å². The Morgan fingerprint density at radius 1 is 0.792 bits per heavy atom. The summed E-state index contributed by atoms with van der Waals surface area (Å²) in [5.41, 5.74) is 2.68. The third kappa shape index (κ3) is 4.57. The molecule has 134 valence electrons. The largest absolute Gasteiger partial charge is 0.395 e. The number of rotatable bonds is 6. The summed E-state index contributed by atoms with van der Waals surface area (Å²) in [6, 6.07) is 9.51. The van der Waals surface area contributed by atoms with E-state index in [1.165, 1.54) is 36.8 Å². The lowest BCUT2D eigenvalue weighted by Gasteiger charge is -2.35. The molecule has 2 fully saturated rings. The maximum atomic E-state index is 9.59. The second-order valence-corrected chi connectivity index (χ2v) is 7.43. The van der Waals surface area contributed by atoms with Crippen LogP contribution in [0.25, 0.3) is 0 Å². The fraction of sp³-hybridized carbons (Fsp3) is 0.700. The molecule has 0 aromatic heterocycles. The van der Waals surface area contributed by atoms with Gasteiger partial charge in [-0.05, 0) is 49.9 Å². The first kappa shape index (κ1) is 17.9. The first-order chi connectivity index (χ1) is 11.8. The summed E-state index contributed by atoms with van der Waals surface area (Å²) >= 11 is 0. The second kappa shape index (κ2) is 8.95. The van der Waals surface area contributed by atoms with Crippen molar-refractivity contribution in [2.75, 3.05) is 26.3 Å². The highest BCUT2D eigenvalue weighted by atomic mass is 16.3. The summed E-state index contributed by atoms with van der Waals surface area (Å²) < 4.78 is 0. The summed E-state index contributed by atoms with van der Waals surface area (Å²) in [5, 5.41) is 19.2. The van der Waals surface area contributed by atoms with Crippen molar-refractivity contribution in [3.05, 3.63) is 35.4 Å². The van der Waals surface area contributed by atoms with Crippen molar-refractivity contribution in [2.24, 2.45) is 0 Å². The van der Waals surface area contributed by atoms with E-state index >= 15 is 0 Å². The van der Waals surface area contributed by atoms with Crippen molar-refractivity contribution in [1.82, 2.24) is 9.80 Å². The van der Waals surface area contributed by atoms with Gasteiger partial charge in [-0.1, -0.05) is 37.1 Å². The van der Waals surface area contributed by atoms with Gasteiger partial charge in [0.25, 0.3) is 0 Å². The predicted octanol–water partition coefficient (Wildman–Crippen LogP) is 2.38. The maximum Gasteiger partial charge on any atom is 0.0586 e. The summed E-state index contributed by atoms with van der Waals surface area (Å²) in [7, 11) is 0. The summed E-state index contributed by atoms with van der Waals surface area (Å²) in [5.74, 6) is 0. The van der Waals surface area contributed by atoms with Crippen LogP contribution in [0.1, 0.15) is 49.7 Å². The van der Waals surface area contributed by atoms with Crippen molar-refractivity contribution in [3.63, 3.8) is 0 Å². The minimum absolute atomic E-state index is 0.269. The molecule has 2 N–H and O–H groups in total. The van der Waals surface area contributed by atoms with E-state index in [4.69, 9.17) is 0 Å². The molecule has 4 nitrogen and oxygen atoms in total. The average Bonchev–Trinajstić information content (AvgIpc) is 2.63. The average molecular weight is 332 g/mol. The van der Waals surface area contributed by atoms with Crippen LogP contribution in [0.15, 0.2) is 24.3 Å². The van der Waals surface area contributed by atoms with Gasteiger partial charge < -0.3 is 10.2 Å². The fourth-order valence-electron chi connectivity index (χ4n) is 4.25. The van der Waals surface area contributed by atoms with E-state index in [-0.39, 0.29) is 13.2 Å². The van der Waals surface area contributed by atoms with Gasteiger partial charge in [0, 0.05) is 25.2 Å². The Morgan fingerprint density at radius 3 is 1.75 bits per heavy atom. The molecule has 1 aromatic rings. The third-order valence-corrected chi connectivity index (χ3v) is 5.68. The summed E-state index contributed by atoms with van der Waals surface area (Å²) in [6.45, 7) is 4.59. The third-order valence-electron chi connectivity index (χ3n) is 5.68. The SMILES string of the molecule is OC[C@H]1CCCCN1Cc1cccc(CN2CCCC[C@@H]2CO)c1. The van der Waals surface area contributed by atoms with Crippen LogP contribution in [0.3, 0.4) is 0 Å². The lowest BCUT2D eigenvalue weighted by atomic mass is 10.00. The number of nitrogens with zero attached hydrogens (tertiary/aromatic N) is 2. The zero-order chi connectivity index (χ0) is 16.8. The van der Waals surface area contributed by atoms with Crippen LogP contribution in [0.4, 0.5) is 0 Å². The van der Waals surface area contributed by atoms with Crippen molar-refractivity contribution >= 4 is 0 Å². The highest BCUT2D eigenvalue weighted by Crippen LogP contribution is 2.22. The molecule has 4 heteroatoms. The predicted molar refractivity (Wildman–Crippen MR) is 96.7 cm³/mol. The van der Waals surface area contributed by atoms with Gasteiger partial charge in [0.2, 0.25) is 0 Å². The number of hydrogen-bond donors (Lipinski definition) is 2. The molecule has 2 aliphatic rings. The zero-order valence-electron chi connectivity index (χ0n) is 14.7. The monoisotopic (exact) mass is 332 g/mol. The highest BCUT2D eigenvalue weighted by molar-refractivity contribution is 5.23. The summed E-state index contributed by atoms with van der Waals surface area (Å²) in [4.78, 5) is 4.86. The van der Waals surface area contributed by atoms with Gasteiger partial charge in [0.1, 0.15) is 0 Å². The molecule has 1 aromatic carbocycles. The van der Waals surface area contributed by atoms with Crippen LogP contribution in [-0.4, -0.2) is 58.4 Å². The standard InChI is InChI=1S/C20H32N2O2/c23-15-19-8-1-3-10-21(19)13-17-6-5-7-18(12-17)14-22-11-4-2-9-20(22)16-24/h5-7,12,19-20,23-24H,1-4,8-11,13-16H2/t19-,20-/m1/s1. The van der Waals surface area contributed by atoms with Gasteiger partial charge in [0.05, 0.1) is 13.2 Å². The Kier molecular flexibility index (Phi) is 6.67. The van der Waals surface area contributed by atoms with Gasteiger partial charge in [-0.15, -0.1) is 0 Å². The van der Waals surface area contributed by atoms with E-state index < -0.39 is 0 Å². The normalized spacial score (nSPS) is 26.6. The molecule has 0 spiro atoms. The Balaban J connectivity index is 1.63. The van der Waals surface area contributed by atoms with Gasteiger partial charge in [-0.25, -0.2) is 0 Å². The fourth-order valence-corrected chi connectivity index (χ4v) is 4.25. The van der Waals surface area contributed by atoms with Gasteiger partial charge in [-0.3, -0.25) is 9.80 Å². The first-order valence-corrected chi connectivity index (χ1v) is 9.58. The Labute approximate surface area is 146 Å². The second-order valence-electron chi connectivity index (χ2n) is 7.43. The molecule has 2 saturated heterocycles. The first-order valence-electron chi connectivity index (χ1n) is 9.58. The van der Waals surface area contributed by atoms with Crippen molar-refractivity contribution < 1.29 is 10.2 Å². The molecule has 2 atom stereocenters. The van der Waals surface area contributed by atoms with Gasteiger partial charge >= 0.3 is 0 Å². The molecule has 0 unspecified atom stereocenters. The number of likely N-dealkylation sites (tertiary alicyclic amines) is 2. The van der Waals surface area contributed by atoms with Gasteiger partial charge in [0.15, 0.2) is 0 Å². The Hall–Kier alpha value is -0.940.